The highest BCUT2D eigenvalue weighted by Gasteiger charge is 2.20. The normalized spacial score (nSPS) is 15.1. The first-order valence-corrected chi connectivity index (χ1v) is 9.21. The number of benzene rings is 1. The quantitative estimate of drug-likeness (QED) is 0.658. The van der Waals surface area contributed by atoms with Crippen molar-refractivity contribution < 1.29 is 4.79 Å². The van der Waals surface area contributed by atoms with Gasteiger partial charge in [0.05, 0.1) is 6.20 Å². The number of hydrogen-bond acceptors (Lipinski definition) is 4. The van der Waals surface area contributed by atoms with Crippen LogP contribution < -0.4 is 5.32 Å². The Labute approximate surface area is 159 Å². The summed E-state index contributed by atoms with van der Waals surface area (Å²) in [4.78, 5) is 16.0. The maximum atomic E-state index is 11.3. The second kappa shape index (κ2) is 7.97. The molecule has 1 fully saturated rings. The molecule has 0 aliphatic carbocycles. The highest BCUT2D eigenvalue weighted by molar-refractivity contribution is 7.80. The molecule has 1 saturated heterocycles. The summed E-state index contributed by atoms with van der Waals surface area (Å²) < 4.78 is 1.92. The van der Waals surface area contributed by atoms with Crippen LogP contribution >= 0.6 is 12.2 Å². The zero-order valence-electron chi connectivity index (χ0n) is 15.5. The molecule has 2 heterocycles. The number of aromatic nitrogens is 2. The maximum Gasteiger partial charge on any atom is 0.173 e. The molecule has 6 nitrogen and oxygen atoms in total. The third kappa shape index (κ3) is 4.28. The monoisotopic (exact) mass is 371 g/mol. The average molecular weight is 372 g/mol. The van der Waals surface area contributed by atoms with Crippen molar-refractivity contribution in [2.75, 3.05) is 31.5 Å². The first-order valence-electron chi connectivity index (χ1n) is 8.81. The summed E-state index contributed by atoms with van der Waals surface area (Å²) in [6, 6.07) is 7.43. The molecule has 7 heteroatoms. The summed E-state index contributed by atoms with van der Waals surface area (Å²) in [5.41, 5.74) is 4.13. The number of rotatable bonds is 4. The largest absolute Gasteiger partial charge is 0.346 e. The number of nitrogens with zero attached hydrogens (tertiary/aromatic N) is 4. The minimum Gasteiger partial charge on any atom is -0.346 e. The third-order valence-corrected chi connectivity index (χ3v) is 5.29. The Morgan fingerprint density at radius 1 is 1.19 bits per heavy atom. The van der Waals surface area contributed by atoms with Gasteiger partial charge in [0.2, 0.25) is 0 Å². The number of carbonyl (C=O) groups is 1. The summed E-state index contributed by atoms with van der Waals surface area (Å²) in [6.45, 7) is 8.35. The summed E-state index contributed by atoms with van der Waals surface area (Å²) >= 11 is 5.55. The lowest BCUT2D eigenvalue weighted by Gasteiger charge is -2.36. The van der Waals surface area contributed by atoms with Crippen LogP contribution in [0.3, 0.4) is 0 Å². The van der Waals surface area contributed by atoms with Gasteiger partial charge < -0.3 is 10.2 Å². The van der Waals surface area contributed by atoms with E-state index < -0.39 is 0 Å². The second-order valence-corrected chi connectivity index (χ2v) is 7.09. The molecule has 1 aliphatic heterocycles. The van der Waals surface area contributed by atoms with Gasteiger partial charge in [0.25, 0.3) is 0 Å². The Balaban J connectivity index is 1.50. The van der Waals surface area contributed by atoms with Crippen molar-refractivity contribution in [1.29, 1.82) is 0 Å². The highest BCUT2D eigenvalue weighted by atomic mass is 32.1. The number of anilines is 1. The maximum absolute atomic E-state index is 11.3. The predicted molar refractivity (Wildman–Crippen MR) is 107 cm³/mol. The number of aryl methyl sites for hydroxylation is 1. The van der Waals surface area contributed by atoms with Crippen molar-refractivity contribution in [3.05, 3.63) is 47.3 Å². The molecule has 0 amide bonds. The Bertz CT molecular complexity index is 791. The molecule has 0 atom stereocenters. The predicted octanol–water partition coefficient (Wildman–Crippen LogP) is 2.45. The molecule has 138 valence electrons. The van der Waals surface area contributed by atoms with Crippen LogP contribution in [0.2, 0.25) is 0 Å². The Morgan fingerprint density at radius 2 is 1.85 bits per heavy atom. The van der Waals surface area contributed by atoms with Crippen LogP contribution in [0.4, 0.5) is 5.69 Å². The first kappa shape index (κ1) is 18.5. The minimum absolute atomic E-state index is 0.0686. The summed E-state index contributed by atoms with van der Waals surface area (Å²) in [5, 5.41) is 8.32. The van der Waals surface area contributed by atoms with E-state index in [9.17, 15) is 4.79 Å². The lowest BCUT2D eigenvalue weighted by molar-refractivity contribution is 0.101. The number of piperazine rings is 1. The molecule has 3 rings (SSSR count). The van der Waals surface area contributed by atoms with Gasteiger partial charge in [-0.3, -0.25) is 14.4 Å². The van der Waals surface area contributed by atoms with Crippen molar-refractivity contribution in [3.63, 3.8) is 0 Å². The molecule has 1 aromatic carbocycles. The van der Waals surface area contributed by atoms with Crippen molar-refractivity contribution in [3.8, 4) is 0 Å². The molecule has 1 N–H and O–H groups in total. The SMILES string of the molecule is CC(=O)c1ccc(NC(=S)N2CCN(Cc3cnn(C)c3C)CC2)cc1. The van der Waals surface area contributed by atoms with Crippen molar-refractivity contribution >= 4 is 28.8 Å². The van der Waals surface area contributed by atoms with Crippen molar-refractivity contribution in [1.82, 2.24) is 19.6 Å². The highest BCUT2D eigenvalue weighted by Crippen LogP contribution is 2.14. The number of thiocarbonyl (C=S) groups is 1. The molecule has 1 aromatic heterocycles. The molecular weight excluding hydrogens is 346 g/mol. The van der Waals surface area contributed by atoms with Gasteiger partial charge in [-0.25, -0.2) is 0 Å². The van der Waals surface area contributed by atoms with Crippen molar-refractivity contribution in [2.24, 2.45) is 7.05 Å². The van der Waals surface area contributed by atoms with E-state index in [1.54, 1.807) is 6.92 Å². The zero-order valence-corrected chi connectivity index (χ0v) is 16.3. The molecule has 0 saturated carbocycles. The Morgan fingerprint density at radius 3 is 2.38 bits per heavy atom. The van der Waals surface area contributed by atoms with Gasteiger partial charge in [-0.1, -0.05) is 0 Å². The van der Waals surface area contributed by atoms with Gasteiger partial charge in [0.15, 0.2) is 10.9 Å². The van der Waals surface area contributed by atoms with Crippen LogP contribution in [0.15, 0.2) is 30.5 Å². The molecule has 2 aromatic rings. The van der Waals surface area contributed by atoms with E-state index in [0.717, 1.165) is 43.5 Å². The van der Waals surface area contributed by atoms with E-state index in [-0.39, 0.29) is 5.78 Å². The van der Waals surface area contributed by atoms with Gasteiger partial charge in [-0.05, 0) is 50.3 Å². The molecule has 0 unspecified atom stereocenters. The lowest BCUT2D eigenvalue weighted by Crippen LogP contribution is -2.49. The Kier molecular flexibility index (Phi) is 5.68. The van der Waals surface area contributed by atoms with Gasteiger partial charge in [-0.15, -0.1) is 0 Å². The van der Waals surface area contributed by atoms with Crippen LogP contribution in [-0.4, -0.2) is 56.7 Å². The number of carbonyl (C=O) groups excluding carboxylic acids is 1. The molecule has 0 spiro atoms. The van der Waals surface area contributed by atoms with Gasteiger partial charge in [0, 0.05) is 62.3 Å². The molecular formula is C19H25N5OS. The first-order chi connectivity index (χ1) is 12.4. The van der Waals surface area contributed by atoms with E-state index >= 15 is 0 Å². The van der Waals surface area contributed by atoms with E-state index in [1.165, 1.54) is 11.3 Å². The molecule has 0 bridgehead atoms. The van der Waals surface area contributed by atoms with E-state index in [0.29, 0.717) is 5.56 Å². The fraction of sp³-hybridized carbons (Fsp3) is 0.421. The van der Waals surface area contributed by atoms with E-state index in [2.05, 4.69) is 27.1 Å². The van der Waals surface area contributed by atoms with Crippen LogP contribution in [0.25, 0.3) is 0 Å². The second-order valence-electron chi connectivity index (χ2n) is 6.71. The molecule has 26 heavy (non-hydrogen) atoms. The van der Waals surface area contributed by atoms with E-state index in [4.69, 9.17) is 12.2 Å². The molecule has 1 aliphatic rings. The van der Waals surface area contributed by atoms with Crippen LogP contribution in [0, 0.1) is 6.92 Å². The third-order valence-electron chi connectivity index (χ3n) is 4.93. The van der Waals surface area contributed by atoms with E-state index in [1.807, 2.05) is 42.2 Å². The smallest absolute Gasteiger partial charge is 0.173 e. The fourth-order valence-corrected chi connectivity index (χ4v) is 3.34. The standard InChI is InChI=1S/C19H25N5OS/c1-14-17(12-20-22(14)3)13-23-8-10-24(11-9-23)19(26)21-18-6-4-16(5-7-18)15(2)25/h4-7,12H,8-11,13H2,1-3H3,(H,21,26). The van der Waals surface area contributed by atoms with Crippen LogP contribution in [0.1, 0.15) is 28.5 Å². The van der Waals surface area contributed by atoms with Gasteiger partial charge in [-0.2, -0.15) is 5.10 Å². The van der Waals surface area contributed by atoms with Crippen molar-refractivity contribution in [2.45, 2.75) is 20.4 Å². The van der Waals surface area contributed by atoms with Crippen LogP contribution in [-0.2, 0) is 13.6 Å². The van der Waals surface area contributed by atoms with Gasteiger partial charge >= 0.3 is 0 Å². The minimum atomic E-state index is 0.0686. The number of nitrogens with one attached hydrogen (secondary N) is 1. The van der Waals surface area contributed by atoms with Crippen LogP contribution in [0.5, 0.6) is 0 Å². The molecule has 0 radical (unpaired) electrons. The summed E-state index contributed by atoms with van der Waals surface area (Å²) in [7, 11) is 1.98. The average Bonchev–Trinajstić information content (AvgIpc) is 2.95. The summed E-state index contributed by atoms with van der Waals surface area (Å²) in [5.74, 6) is 0.0686. The summed E-state index contributed by atoms with van der Waals surface area (Å²) in [6.07, 6.45) is 1.96. The fourth-order valence-electron chi connectivity index (χ4n) is 3.04. The Hall–Kier alpha value is -2.25. The lowest BCUT2D eigenvalue weighted by atomic mass is 10.1. The number of Topliss-reactive ketones (excluding diaryl/α,β-unsaturated/α-hetero) is 1. The topological polar surface area (TPSA) is 53.4 Å². The number of hydrogen-bond donors (Lipinski definition) is 1. The number of ketones is 1. The zero-order chi connectivity index (χ0) is 18.7. The van der Waals surface area contributed by atoms with Gasteiger partial charge in [0.1, 0.15) is 0 Å².